The molecule has 1 aromatic rings. The number of para-hydroxylation sites is 1. The summed E-state index contributed by atoms with van der Waals surface area (Å²) in [5.74, 6) is 0.967. The molecule has 1 aliphatic rings. The van der Waals surface area contributed by atoms with E-state index in [0.29, 0.717) is 0 Å². The van der Waals surface area contributed by atoms with Crippen LogP contribution in [0.25, 0.3) is 0 Å². The second-order valence-corrected chi connectivity index (χ2v) is 4.75. The maximum Gasteiger partial charge on any atom is 0.199 e. The Morgan fingerprint density at radius 1 is 1.31 bits per heavy atom. The number of halogens is 1. The summed E-state index contributed by atoms with van der Waals surface area (Å²) in [4.78, 5) is 0. The number of ether oxygens (including phenoxy) is 2. The minimum atomic E-state index is -0.0507. The molecular formula is C13H17BrO2. The second kappa shape index (κ2) is 6.26. The first kappa shape index (κ1) is 11.9. The van der Waals surface area contributed by atoms with Crippen LogP contribution in [0.2, 0.25) is 0 Å². The van der Waals surface area contributed by atoms with Crippen molar-refractivity contribution in [3.63, 3.8) is 0 Å². The van der Waals surface area contributed by atoms with Crippen molar-refractivity contribution in [2.24, 2.45) is 0 Å². The van der Waals surface area contributed by atoms with Gasteiger partial charge in [0.1, 0.15) is 5.75 Å². The Labute approximate surface area is 105 Å². The molecule has 1 unspecified atom stereocenters. The lowest BCUT2D eigenvalue weighted by molar-refractivity contribution is -0.106. The molecule has 16 heavy (non-hydrogen) atoms. The zero-order chi connectivity index (χ0) is 11.2. The molecule has 2 nitrogen and oxygen atoms in total. The average molecular weight is 285 g/mol. The number of hydrogen-bond donors (Lipinski definition) is 0. The molecule has 0 aromatic heterocycles. The van der Waals surface area contributed by atoms with Crippen molar-refractivity contribution in [3.8, 4) is 5.75 Å². The highest BCUT2D eigenvalue weighted by molar-refractivity contribution is 9.09. The standard InChI is InChI=1S/C13H17BrO2/c14-9-8-11-5-1-2-6-12(11)16-13-7-3-4-10-15-13/h1-2,5-6,13H,3-4,7-10H2. The van der Waals surface area contributed by atoms with Gasteiger partial charge in [-0.1, -0.05) is 34.1 Å². The summed E-state index contributed by atoms with van der Waals surface area (Å²) < 4.78 is 11.5. The second-order valence-electron chi connectivity index (χ2n) is 3.96. The first-order valence-corrected chi connectivity index (χ1v) is 6.94. The maximum absolute atomic E-state index is 5.90. The molecule has 2 rings (SSSR count). The van der Waals surface area contributed by atoms with E-state index in [1.54, 1.807) is 0 Å². The van der Waals surface area contributed by atoms with Crippen LogP contribution in [0.15, 0.2) is 24.3 Å². The number of aryl methyl sites for hydroxylation is 1. The van der Waals surface area contributed by atoms with Crippen LogP contribution in [0.4, 0.5) is 0 Å². The highest BCUT2D eigenvalue weighted by Gasteiger charge is 2.16. The van der Waals surface area contributed by atoms with E-state index in [0.717, 1.165) is 36.9 Å². The van der Waals surface area contributed by atoms with Gasteiger partial charge < -0.3 is 9.47 Å². The van der Waals surface area contributed by atoms with Crippen LogP contribution in [-0.4, -0.2) is 18.2 Å². The van der Waals surface area contributed by atoms with Gasteiger partial charge in [0.2, 0.25) is 0 Å². The third-order valence-electron chi connectivity index (χ3n) is 2.73. The fourth-order valence-electron chi connectivity index (χ4n) is 1.87. The molecule has 0 N–H and O–H groups in total. The van der Waals surface area contributed by atoms with Gasteiger partial charge in [-0.25, -0.2) is 0 Å². The van der Waals surface area contributed by atoms with Gasteiger partial charge in [-0.05, 0) is 30.9 Å². The summed E-state index contributed by atoms with van der Waals surface area (Å²) in [6.45, 7) is 0.825. The molecule has 1 fully saturated rings. The number of alkyl halides is 1. The third kappa shape index (κ3) is 3.22. The Morgan fingerprint density at radius 2 is 2.19 bits per heavy atom. The Bertz CT molecular complexity index is 321. The van der Waals surface area contributed by atoms with Gasteiger partial charge in [0.05, 0.1) is 6.61 Å². The van der Waals surface area contributed by atoms with E-state index in [4.69, 9.17) is 9.47 Å². The maximum atomic E-state index is 5.90. The molecule has 1 atom stereocenters. The number of hydrogen-bond acceptors (Lipinski definition) is 2. The van der Waals surface area contributed by atoms with Crippen molar-refractivity contribution in [2.75, 3.05) is 11.9 Å². The van der Waals surface area contributed by atoms with Gasteiger partial charge in [-0.2, -0.15) is 0 Å². The van der Waals surface area contributed by atoms with Crippen LogP contribution in [0.1, 0.15) is 24.8 Å². The van der Waals surface area contributed by atoms with E-state index >= 15 is 0 Å². The molecule has 1 saturated heterocycles. The van der Waals surface area contributed by atoms with Gasteiger partial charge in [0.25, 0.3) is 0 Å². The van der Waals surface area contributed by atoms with Crippen LogP contribution in [0.3, 0.4) is 0 Å². The molecule has 0 saturated carbocycles. The van der Waals surface area contributed by atoms with Crippen LogP contribution in [0.5, 0.6) is 5.75 Å². The summed E-state index contributed by atoms with van der Waals surface area (Å²) in [5, 5.41) is 0.957. The van der Waals surface area contributed by atoms with Gasteiger partial charge in [0.15, 0.2) is 6.29 Å². The Morgan fingerprint density at radius 3 is 2.94 bits per heavy atom. The largest absolute Gasteiger partial charge is 0.465 e. The molecule has 0 spiro atoms. The molecule has 0 radical (unpaired) electrons. The predicted octanol–water partition coefficient (Wildman–Crippen LogP) is 3.53. The average Bonchev–Trinajstić information content (AvgIpc) is 2.33. The lowest BCUT2D eigenvalue weighted by Gasteiger charge is -2.24. The van der Waals surface area contributed by atoms with E-state index in [1.165, 1.54) is 12.0 Å². The lowest BCUT2D eigenvalue weighted by Crippen LogP contribution is -2.25. The first-order valence-electron chi connectivity index (χ1n) is 5.82. The SMILES string of the molecule is BrCCc1ccccc1OC1CCCCO1. The van der Waals surface area contributed by atoms with Gasteiger partial charge in [-0.15, -0.1) is 0 Å². The predicted molar refractivity (Wildman–Crippen MR) is 68.2 cm³/mol. The number of rotatable bonds is 4. The summed E-state index contributed by atoms with van der Waals surface area (Å²) in [6, 6.07) is 8.19. The van der Waals surface area contributed by atoms with Gasteiger partial charge in [-0.3, -0.25) is 0 Å². The molecule has 0 aliphatic carbocycles. The van der Waals surface area contributed by atoms with Crippen molar-refractivity contribution in [2.45, 2.75) is 32.0 Å². The van der Waals surface area contributed by atoms with E-state index < -0.39 is 0 Å². The van der Waals surface area contributed by atoms with Crippen molar-refractivity contribution in [3.05, 3.63) is 29.8 Å². The molecular weight excluding hydrogens is 268 g/mol. The number of benzene rings is 1. The Balaban J connectivity index is 2.01. The summed E-state index contributed by atoms with van der Waals surface area (Å²) in [6.07, 6.45) is 4.30. The van der Waals surface area contributed by atoms with Crippen LogP contribution < -0.4 is 4.74 Å². The van der Waals surface area contributed by atoms with Crippen molar-refractivity contribution in [1.82, 2.24) is 0 Å². The smallest absolute Gasteiger partial charge is 0.199 e. The fraction of sp³-hybridized carbons (Fsp3) is 0.538. The van der Waals surface area contributed by atoms with Crippen molar-refractivity contribution >= 4 is 15.9 Å². The van der Waals surface area contributed by atoms with Crippen molar-refractivity contribution in [1.29, 1.82) is 0 Å². The normalized spacial score (nSPS) is 20.7. The quantitative estimate of drug-likeness (QED) is 0.788. The van der Waals surface area contributed by atoms with Crippen molar-refractivity contribution < 1.29 is 9.47 Å². The third-order valence-corrected chi connectivity index (χ3v) is 3.13. The molecule has 0 bridgehead atoms. The highest BCUT2D eigenvalue weighted by atomic mass is 79.9. The van der Waals surface area contributed by atoms with E-state index in [1.807, 2.05) is 18.2 Å². The molecule has 1 aromatic carbocycles. The summed E-state index contributed by atoms with van der Waals surface area (Å²) >= 11 is 3.46. The molecule has 88 valence electrons. The summed E-state index contributed by atoms with van der Waals surface area (Å²) in [5.41, 5.74) is 1.24. The zero-order valence-corrected chi connectivity index (χ0v) is 10.9. The monoisotopic (exact) mass is 284 g/mol. The Hall–Kier alpha value is -0.540. The van der Waals surface area contributed by atoms with Gasteiger partial charge in [0, 0.05) is 11.8 Å². The topological polar surface area (TPSA) is 18.5 Å². The minimum Gasteiger partial charge on any atom is -0.465 e. The van der Waals surface area contributed by atoms with Crippen LogP contribution >= 0.6 is 15.9 Å². The molecule has 1 heterocycles. The molecule has 0 amide bonds. The Kier molecular flexibility index (Phi) is 4.67. The lowest BCUT2D eigenvalue weighted by atomic mass is 10.1. The first-order chi connectivity index (χ1) is 7.90. The van der Waals surface area contributed by atoms with E-state index in [2.05, 4.69) is 22.0 Å². The zero-order valence-electron chi connectivity index (χ0n) is 9.32. The van der Waals surface area contributed by atoms with E-state index in [9.17, 15) is 0 Å². The van der Waals surface area contributed by atoms with E-state index in [-0.39, 0.29) is 6.29 Å². The minimum absolute atomic E-state index is 0.0507. The summed E-state index contributed by atoms with van der Waals surface area (Å²) in [7, 11) is 0. The molecule has 1 aliphatic heterocycles. The fourth-order valence-corrected chi connectivity index (χ4v) is 2.30. The van der Waals surface area contributed by atoms with Crippen LogP contribution in [-0.2, 0) is 11.2 Å². The van der Waals surface area contributed by atoms with Gasteiger partial charge >= 0.3 is 0 Å². The molecule has 3 heteroatoms. The van der Waals surface area contributed by atoms with Crippen LogP contribution in [0, 0.1) is 0 Å². The highest BCUT2D eigenvalue weighted by Crippen LogP contribution is 2.23.